The van der Waals surface area contributed by atoms with Gasteiger partial charge in [0.2, 0.25) is 5.95 Å². The van der Waals surface area contributed by atoms with E-state index in [0.29, 0.717) is 11.6 Å². The number of nitrogens with one attached hydrogen (secondary N) is 3. The van der Waals surface area contributed by atoms with Crippen LogP contribution in [0.5, 0.6) is 0 Å². The fourth-order valence-corrected chi connectivity index (χ4v) is 1.88. The third-order valence-corrected chi connectivity index (χ3v) is 2.91. The van der Waals surface area contributed by atoms with Crippen molar-refractivity contribution in [2.45, 2.75) is 39.2 Å². The first-order chi connectivity index (χ1) is 9.70. The summed E-state index contributed by atoms with van der Waals surface area (Å²) in [5.41, 5.74) is 1.46. The zero-order valence-corrected chi connectivity index (χ0v) is 12.0. The van der Waals surface area contributed by atoms with E-state index in [9.17, 15) is 5.11 Å². The lowest BCUT2D eigenvalue weighted by Gasteiger charge is -2.09. The highest BCUT2D eigenvalue weighted by Crippen LogP contribution is 2.18. The van der Waals surface area contributed by atoms with Gasteiger partial charge in [0.05, 0.1) is 12.4 Å². The molecule has 0 aromatic carbocycles. The minimum absolute atomic E-state index is 0.267. The Bertz CT molecular complexity index is 539. The van der Waals surface area contributed by atoms with Crippen LogP contribution in [0.2, 0.25) is 0 Å². The Morgan fingerprint density at radius 3 is 2.90 bits per heavy atom. The molecule has 2 aromatic heterocycles. The minimum atomic E-state index is -0.267. The number of imidazole rings is 1. The molecule has 2 rings (SSSR count). The Kier molecular flexibility index (Phi) is 5.11. The molecule has 7 nitrogen and oxygen atoms in total. The number of nitrogens with zero attached hydrogens (tertiary/aromatic N) is 3. The zero-order chi connectivity index (χ0) is 14.4. The van der Waals surface area contributed by atoms with E-state index in [2.05, 4.69) is 37.5 Å². The van der Waals surface area contributed by atoms with Crippen LogP contribution in [0.15, 0.2) is 6.33 Å². The normalized spacial score (nSPS) is 12.6. The van der Waals surface area contributed by atoms with Gasteiger partial charge in [-0.15, -0.1) is 0 Å². The average Bonchev–Trinajstić information content (AvgIpc) is 2.89. The third kappa shape index (κ3) is 3.80. The van der Waals surface area contributed by atoms with Gasteiger partial charge in [-0.05, 0) is 26.2 Å². The number of H-pyrrole nitrogens is 1. The van der Waals surface area contributed by atoms with Gasteiger partial charge >= 0.3 is 0 Å². The summed E-state index contributed by atoms with van der Waals surface area (Å²) in [4.78, 5) is 16.0. The number of aliphatic hydroxyl groups is 1. The second kappa shape index (κ2) is 7.04. The number of rotatable bonds is 8. The first kappa shape index (κ1) is 14.5. The van der Waals surface area contributed by atoms with Gasteiger partial charge in [0.1, 0.15) is 5.52 Å². The quantitative estimate of drug-likeness (QED) is 0.549. The van der Waals surface area contributed by atoms with Gasteiger partial charge in [-0.3, -0.25) is 0 Å². The number of hydrogen-bond donors (Lipinski definition) is 4. The highest BCUT2D eigenvalue weighted by Gasteiger charge is 2.09. The monoisotopic (exact) mass is 278 g/mol. The van der Waals surface area contributed by atoms with Crippen LogP contribution < -0.4 is 10.6 Å². The largest absolute Gasteiger partial charge is 0.393 e. The fourth-order valence-electron chi connectivity index (χ4n) is 1.88. The number of hydrogen-bond acceptors (Lipinski definition) is 6. The minimum Gasteiger partial charge on any atom is -0.393 e. The van der Waals surface area contributed by atoms with Crippen molar-refractivity contribution in [3.8, 4) is 0 Å². The maximum absolute atomic E-state index is 9.25. The molecule has 110 valence electrons. The van der Waals surface area contributed by atoms with Gasteiger partial charge in [-0.25, -0.2) is 4.98 Å². The summed E-state index contributed by atoms with van der Waals surface area (Å²) in [6.45, 7) is 5.47. The van der Waals surface area contributed by atoms with Gasteiger partial charge in [0, 0.05) is 13.1 Å². The number of fused-ring (bicyclic) bond motifs is 1. The second-order valence-electron chi connectivity index (χ2n) is 4.84. The molecule has 0 amide bonds. The van der Waals surface area contributed by atoms with E-state index in [1.165, 1.54) is 0 Å². The Balaban J connectivity index is 2.07. The summed E-state index contributed by atoms with van der Waals surface area (Å²) < 4.78 is 0. The molecule has 2 aromatic rings. The Labute approximate surface area is 118 Å². The van der Waals surface area contributed by atoms with Gasteiger partial charge in [-0.2, -0.15) is 9.97 Å². The van der Waals surface area contributed by atoms with E-state index >= 15 is 0 Å². The van der Waals surface area contributed by atoms with Crippen LogP contribution >= 0.6 is 0 Å². The van der Waals surface area contributed by atoms with E-state index in [1.807, 2.05) is 0 Å². The van der Waals surface area contributed by atoms with Crippen molar-refractivity contribution in [2.75, 3.05) is 23.7 Å². The molecule has 0 saturated carbocycles. The fraction of sp³-hybridized carbons (Fsp3) is 0.615. The van der Waals surface area contributed by atoms with E-state index in [1.54, 1.807) is 13.3 Å². The lowest BCUT2D eigenvalue weighted by atomic mass is 10.2. The molecule has 0 spiro atoms. The van der Waals surface area contributed by atoms with Crippen molar-refractivity contribution in [1.82, 2.24) is 19.9 Å². The highest BCUT2D eigenvalue weighted by molar-refractivity contribution is 5.83. The molecule has 0 bridgehead atoms. The maximum Gasteiger partial charge on any atom is 0.226 e. The summed E-state index contributed by atoms with van der Waals surface area (Å²) in [5, 5.41) is 15.7. The predicted octanol–water partition coefficient (Wildman–Crippen LogP) is 1.75. The van der Waals surface area contributed by atoms with E-state index in [0.717, 1.165) is 43.7 Å². The Hall–Kier alpha value is -1.89. The summed E-state index contributed by atoms with van der Waals surface area (Å²) in [6, 6.07) is 0. The molecule has 7 heteroatoms. The Morgan fingerprint density at radius 2 is 2.15 bits per heavy atom. The summed E-state index contributed by atoms with van der Waals surface area (Å²) in [5.74, 6) is 1.33. The summed E-state index contributed by atoms with van der Waals surface area (Å²) >= 11 is 0. The standard InChI is InChI=1S/C13H22N6O/c1-3-6-15-13-18-11(14-7-4-5-9(2)20)10-12(19-13)17-8-16-10/h8-9,20H,3-7H2,1-2H3,(H3,14,15,16,17,18,19). The average molecular weight is 278 g/mol. The lowest BCUT2D eigenvalue weighted by Crippen LogP contribution is -2.10. The van der Waals surface area contributed by atoms with Crippen LogP contribution in [-0.4, -0.2) is 44.2 Å². The molecule has 1 atom stereocenters. The number of anilines is 2. The third-order valence-electron chi connectivity index (χ3n) is 2.91. The number of aromatic nitrogens is 4. The lowest BCUT2D eigenvalue weighted by molar-refractivity contribution is 0.183. The molecular formula is C13H22N6O. The van der Waals surface area contributed by atoms with Gasteiger partial charge in [0.25, 0.3) is 0 Å². The van der Waals surface area contributed by atoms with Gasteiger partial charge in [0.15, 0.2) is 11.5 Å². The van der Waals surface area contributed by atoms with Crippen molar-refractivity contribution < 1.29 is 5.11 Å². The first-order valence-corrected chi connectivity index (χ1v) is 7.07. The van der Waals surface area contributed by atoms with Crippen LogP contribution in [-0.2, 0) is 0 Å². The second-order valence-corrected chi connectivity index (χ2v) is 4.84. The summed E-state index contributed by atoms with van der Waals surface area (Å²) in [6.07, 6.45) is 4.01. The van der Waals surface area contributed by atoms with Crippen molar-refractivity contribution in [3.63, 3.8) is 0 Å². The number of aromatic amines is 1. The molecule has 0 aliphatic rings. The number of aliphatic hydroxyl groups excluding tert-OH is 1. The van der Waals surface area contributed by atoms with Crippen molar-refractivity contribution in [3.05, 3.63) is 6.33 Å². The maximum atomic E-state index is 9.25. The van der Waals surface area contributed by atoms with Crippen LogP contribution in [0.25, 0.3) is 11.2 Å². The van der Waals surface area contributed by atoms with Crippen molar-refractivity contribution in [1.29, 1.82) is 0 Å². The van der Waals surface area contributed by atoms with Crippen LogP contribution in [0, 0.1) is 0 Å². The molecule has 0 aliphatic heterocycles. The SMILES string of the molecule is CCCNc1nc(NCCCC(C)O)c2[nH]cnc2n1. The van der Waals surface area contributed by atoms with Crippen LogP contribution in [0.3, 0.4) is 0 Å². The molecule has 0 radical (unpaired) electrons. The van der Waals surface area contributed by atoms with E-state index in [4.69, 9.17) is 0 Å². The van der Waals surface area contributed by atoms with E-state index < -0.39 is 0 Å². The van der Waals surface area contributed by atoms with Crippen LogP contribution in [0.1, 0.15) is 33.1 Å². The molecule has 0 saturated heterocycles. The first-order valence-electron chi connectivity index (χ1n) is 7.07. The Morgan fingerprint density at radius 1 is 1.30 bits per heavy atom. The zero-order valence-electron chi connectivity index (χ0n) is 12.0. The molecule has 0 fully saturated rings. The highest BCUT2D eigenvalue weighted by atomic mass is 16.3. The van der Waals surface area contributed by atoms with Crippen molar-refractivity contribution >= 4 is 22.9 Å². The van der Waals surface area contributed by atoms with Gasteiger partial charge < -0.3 is 20.7 Å². The van der Waals surface area contributed by atoms with Crippen molar-refractivity contribution in [2.24, 2.45) is 0 Å². The molecule has 1 unspecified atom stereocenters. The van der Waals surface area contributed by atoms with E-state index in [-0.39, 0.29) is 6.10 Å². The molecular weight excluding hydrogens is 256 g/mol. The van der Waals surface area contributed by atoms with Gasteiger partial charge in [-0.1, -0.05) is 6.92 Å². The molecule has 4 N–H and O–H groups in total. The molecule has 0 aliphatic carbocycles. The smallest absolute Gasteiger partial charge is 0.226 e. The predicted molar refractivity (Wildman–Crippen MR) is 79.9 cm³/mol. The topological polar surface area (TPSA) is 98.8 Å². The summed E-state index contributed by atoms with van der Waals surface area (Å²) in [7, 11) is 0. The van der Waals surface area contributed by atoms with Crippen LogP contribution in [0.4, 0.5) is 11.8 Å². The molecule has 20 heavy (non-hydrogen) atoms. The molecule has 2 heterocycles.